The molecule has 24 heavy (non-hydrogen) atoms. The third-order valence-corrected chi connectivity index (χ3v) is 3.47. The number of benzene rings is 2. The second kappa shape index (κ2) is 8.23. The van der Waals surface area contributed by atoms with Crippen molar-refractivity contribution >= 4 is 35.6 Å². The standard InChI is InChI=1S/C18H21N3O2.HI/c1-12(2)23-14-9-7-13(8-10-14)20-18(19)21-16-11-22-17-6-4-3-5-15(16)17;/h3-10,12,16H,11H2,1-2H3,(H3,19,20,21);1H. The molecule has 0 fully saturated rings. The van der Waals surface area contributed by atoms with Crippen LogP contribution in [0.3, 0.4) is 0 Å². The van der Waals surface area contributed by atoms with Gasteiger partial charge in [-0.15, -0.1) is 24.0 Å². The molecule has 0 saturated carbocycles. The molecule has 128 valence electrons. The summed E-state index contributed by atoms with van der Waals surface area (Å²) in [6.45, 7) is 4.51. The highest BCUT2D eigenvalue weighted by Crippen LogP contribution is 2.34. The van der Waals surface area contributed by atoms with Crippen LogP contribution < -0.4 is 20.5 Å². The smallest absolute Gasteiger partial charge is 0.193 e. The molecule has 0 radical (unpaired) electrons. The summed E-state index contributed by atoms with van der Waals surface area (Å²) in [5.41, 5.74) is 7.95. The molecule has 1 aliphatic rings. The number of hydrogen-bond acceptors (Lipinski definition) is 3. The summed E-state index contributed by atoms with van der Waals surface area (Å²) >= 11 is 0. The van der Waals surface area contributed by atoms with Gasteiger partial charge in [0.05, 0.1) is 6.10 Å². The second-order valence-corrected chi connectivity index (χ2v) is 5.69. The predicted molar refractivity (Wildman–Crippen MR) is 108 cm³/mol. The number of ether oxygens (including phenoxy) is 2. The van der Waals surface area contributed by atoms with Crippen molar-refractivity contribution in [2.75, 3.05) is 11.9 Å². The van der Waals surface area contributed by atoms with E-state index >= 15 is 0 Å². The fraction of sp³-hybridized carbons (Fsp3) is 0.278. The molecule has 1 unspecified atom stereocenters. The zero-order valence-corrected chi connectivity index (χ0v) is 16.1. The molecule has 3 N–H and O–H groups in total. The number of rotatable bonds is 4. The normalized spacial score (nSPS) is 16.1. The number of nitrogens with zero attached hydrogens (tertiary/aromatic N) is 1. The summed E-state index contributed by atoms with van der Waals surface area (Å²) in [5, 5.41) is 3.10. The number of para-hydroxylation sites is 1. The highest BCUT2D eigenvalue weighted by Gasteiger charge is 2.23. The van der Waals surface area contributed by atoms with E-state index in [9.17, 15) is 0 Å². The van der Waals surface area contributed by atoms with E-state index in [4.69, 9.17) is 15.2 Å². The molecule has 2 aromatic rings. The quantitative estimate of drug-likeness (QED) is 0.430. The molecular weight excluding hydrogens is 417 g/mol. The van der Waals surface area contributed by atoms with Gasteiger partial charge in [-0.2, -0.15) is 0 Å². The van der Waals surface area contributed by atoms with E-state index in [0.29, 0.717) is 12.6 Å². The number of aliphatic imine (C=N–C) groups is 1. The SMILES string of the molecule is CC(C)Oc1ccc(NC(N)=NC2COc3ccccc32)cc1.I. The van der Waals surface area contributed by atoms with E-state index in [-0.39, 0.29) is 36.1 Å². The summed E-state index contributed by atoms with van der Waals surface area (Å²) in [4.78, 5) is 4.51. The van der Waals surface area contributed by atoms with Gasteiger partial charge in [0.25, 0.3) is 0 Å². The average Bonchev–Trinajstić information content (AvgIpc) is 2.92. The Morgan fingerprint density at radius 3 is 2.62 bits per heavy atom. The Bertz CT molecular complexity index is 702. The Labute approximate surface area is 159 Å². The van der Waals surface area contributed by atoms with Crippen LogP contribution in [0, 0.1) is 0 Å². The van der Waals surface area contributed by atoms with Crippen LogP contribution in [0.4, 0.5) is 5.69 Å². The first-order chi connectivity index (χ1) is 11.1. The van der Waals surface area contributed by atoms with Gasteiger partial charge in [0.2, 0.25) is 0 Å². The van der Waals surface area contributed by atoms with E-state index in [2.05, 4.69) is 10.3 Å². The molecule has 1 aliphatic heterocycles. The number of halogens is 1. The third-order valence-electron chi connectivity index (χ3n) is 3.47. The molecule has 0 amide bonds. The van der Waals surface area contributed by atoms with Crippen molar-refractivity contribution in [3.05, 3.63) is 54.1 Å². The first kappa shape index (κ1) is 18.4. The van der Waals surface area contributed by atoms with Crippen LogP contribution in [-0.4, -0.2) is 18.7 Å². The number of fused-ring (bicyclic) bond motifs is 1. The Hall–Kier alpha value is -1.96. The number of nitrogens with two attached hydrogens (primary N) is 1. The first-order valence-electron chi connectivity index (χ1n) is 7.70. The maximum atomic E-state index is 6.01. The Morgan fingerprint density at radius 2 is 1.92 bits per heavy atom. The highest BCUT2D eigenvalue weighted by atomic mass is 127. The fourth-order valence-electron chi connectivity index (χ4n) is 2.49. The number of anilines is 1. The predicted octanol–water partition coefficient (Wildman–Crippen LogP) is 3.95. The largest absolute Gasteiger partial charge is 0.491 e. The van der Waals surface area contributed by atoms with Crippen molar-refractivity contribution < 1.29 is 9.47 Å². The molecule has 2 aromatic carbocycles. The molecule has 3 rings (SSSR count). The topological polar surface area (TPSA) is 68.9 Å². The molecule has 1 heterocycles. The van der Waals surface area contributed by atoms with Gasteiger partial charge in [-0.1, -0.05) is 18.2 Å². The van der Waals surface area contributed by atoms with E-state index < -0.39 is 0 Å². The van der Waals surface area contributed by atoms with Gasteiger partial charge in [0.1, 0.15) is 24.1 Å². The zero-order chi connectivity index (χ0) is 16.2. The molecule has 0 aromatic heterocycles. The van der Waals surface area contributed by atoms with Gasteiger partial charge in [-0.3, -0.25) is 0 Å². The lowest BCUT2D eigenvalue weighted by molar-refractivity contribution is 0.242. The minimum Gasteiger partial charge on any atom is -0.491 e. The molecular formula is C18H22IN3O2. The van der Waals surface area contributed by atoms with E-state index in [1.54, 1.807) is 0 Å². The van der Waals surface area contributed by atoms with Crippen molar-refractivity contribution in [3.63, 3.8) is 0 Å². The third kappa shape index (κ3) is 4.53. The van der Waals surface area contributed by atoms with Crippen molar-refractivity contribution in [2.45, 2.75) is 26.0 Å². The van der Waals surface area contributed by atoms with Crippen molar-refractivity contribution in [1.29, 1.82) is 0 Å². The lowest BCUT2D eigenvalue weighted by atomic mass is 10.1. The summed E-state index contributed by atoms with van der Waals surface area (Å²) < 4.78 is 11.2. The van der Waals surface area contributed by atoms with E-state index in [1.165, 1.54) is 0 Å². The first-order valence-corrected chi connectivity index (χ1v) is 7.70. The zero-order valence-electron chi connectivity index (χ0n) is 13.7. The van der Waals surface area contributed by atoms with Gasteiger partial charge < -0.3 is 20.5 Å². The minimum absolute atomic E-state index is 0. The van der Waals surface area contributed by atoms with Gasteiger partial charge in [0.15, 0.2) is 5.96 Å². The van der Waals surface area contributed by atoms with Crippen LogP contribution in [0.1, 0.15) is 25.5 Å². The van der Waals surface area contributed by atoms with Crippen LogP contribution in [0.15, 0.2) is 53.5 Å². The molecule has 0 spiro atoms. The maximum absolute atomic E-state index is 6.01. The molecule has 0 aliphatic carbocycles. The number of guanidine groups is 1. The minimum atomic E-state index is -0.0674. The van der Waals surface area contributed by atoms with Crippen molar-refractivity contribution in [1.82, 2.24) is 0 Å². The Morgan fingerprint density at radius 1 is 1.21 bits per heavy atom. The van der Waals surface area contributed by atoms with Crippen LogP contribution in [-0.2, 0) is 0 Å². The van der Waals surface area contributed by atoms with E-state index in [0.717, 1.165) is 22.7 Å². The molecule has 0 saturated heterocycles. The second-order valence-electron chi connectivity index (χ2n) is 5.69. The maximum Gasteiger partial charge on any atom is 0.193 e. The lowest BCUT2D eigenvalue weighted by Gasteiger charge is -2.11. The lowest BCUT2D eigenvalue weighted by Crippen LogP contribution is -2.23. The van der Waals surface area contributed by atoms with Crippen LogP contribution >= 0.6 is 24.0 Å². The van der Waals surface area contributed by atoms with Gasteiger partial charge in [-0.05, 0) is 44.2 Å². The highest BCUT2D eigenvalue weighted by molar-refractivity contribution is 14.0. The van der Waals surface area contributed by atoms with Crippen molar-refractivity contribution in [3.8, 4) is 11.5 Å². The van der Waals surface area contributed by atoms with Crippen LogP contribution in [0.5, 0.6) is 11.5 Å². The fourth-order valence-corrected chi connectivity index (χ4v) is 2.49. The molecule has 1 atom stereocenters. The number of hydrogen-bond donors (Lipinski definition) is 2. The summed E-state index contributed by atoms with van der Waals surface area (Å²) in [7, 11) is 0. The Kier molecular flexibility index (Phi) is 6.30. The molecule has 6 heteroatoms. The summed E-state index contributed by atoms with van der Waals surface area (Å²) in [6.07, 6.45) is 0.155. The average molecular weight is 439 g/mol. The monoisotopic (exact) mass is 439 g/mol. The van der Waals surface area contributed by atoms with Crippen LogP contribution in [0.2, 0.25) is 0 Å². The van der Waals surface area contributed by atoms with Crippen molar-refractivity contribution in [2.24, 2.45) is 10.7 Å². The van der Waals surface area contributed by atoms with Gasteiger partial charge in [-0.25, -0.2) is 4.99 Å². The van der Waals surface area contributed by atoms with Gasteiger partial charge in [0, 0.05) is 11.3 Å². The number of nitrogens with one attached hydrogen (secondary N) is 1. The molecule has 0 bridgehead atoms. The van der Waals surface area contributed by atoms with E-state index in [1.807, 2.05) is 62.4 Å². The molecule has 5 nitrogen and oxygen atoms in total. The Balaban J connectivity index is 0.00000208. The summed E-state index contributed by atoms with van der Waals surface area (Å²) in [6, 6.07) is 15.5. The van der Waals surface area contributed by atoms with Gasteiger partial charge >= 0.3 is 0 Å². The van der Waals surface area contributed by atoms with Crippen LogP contribution in [0.25, 0.3) is 0 Å². The summed E-state index contributed by atoms with van der Waals surface area (Å²) in [5.74, 6) is 2.08.